The van der Waals surface area contributed by atoms with Gasteiger partial charge < -0.3 is 19.9 Å². The second-order valence-corrected chi connectivity index (χ2v) is 6.33. The van der Waals surface area contributed by atoms with Gasteiger partial charge in [0.1, 0.15) is 5.69 Å². The Kier molecular flexibility index (Phi) is 7.62. The zero-order valence-electron chi connectivity index (χ0n) is 16.0. The van der Waals surface area contributed by atoms with Gasteiger partial charge in [0, 0.05) is 38.4 Å². The lowest BCUT2D eigenvalue weighted by atomic mass is 10.2. The molecule has 8 nitrogen and oxygen atoms in total. The molecule has 0 unspecified atom stereocenters. The van der Waals surface area contributed by atoms with E-state index in [1.807, 2.05) is 6.92 Å². The van der Waals surface area contributed by atoms with Crippen molar-refractivity contribution in [1.82, 2.24) is 19.8 Å². The van der Waals surface area contributed by atoms with Crippen molar-refractivity contribution in [3.63, 3.8) is 0 Å². The number of hydrogen-bond acceptors (Lipinski definition) is 6. The van der Waals surface area contributed by atoms with Crippen molar-refractivity contribution in [2.24, 2.45) is 0 Å². The molecular weight excluding hydrogens is 334 g/mol. The van der Waals surface area contributed by atoms with Gasteiger partial charge in [-0.15, -0.1) is 0 Å². The summed E-state index contributed by atoms with van der Waals surface area (Å²) in [5, 5.41) is 3.19. The molecule has 2 heterocycles. The van der Waals surface area contributed by atoms with Crippen molar-refractivity contribution >= 4 is 17.9 Å². The molecule has 0 radical (unpaired) electrons. The fraction of sp³-hybridized carbons (Fsp3) is 0.667. The van der Waals surface area contributed by atoms with Crippen LogP contribution in [0.2, 0.25) is 0 Å². The Balaban J connectivity index is 1.95. The Morgan fingerprint density at radius 2 is 1.81 bits per heavy atom. The lowest BCUT2D eigenvalue weighted by molar-refractivity contribution is 0.0566. The highest BCUT2D eigenvalue weighted by molar-refractivity contribution is 5.92. The quantitative estimate of drug-likeness (QED) is 0.748. The fourth-order valence-corrected chi connectivity index (χ4v) is 2.80. The SMILES string of the molecule is CCCCCNc1nc(C)cc(C(=O)N2CCN(C(=O)OCC)CC2)n1. The van der Waals surface area contributed by atoms with E-state index < -0.39 is 0 Å². The number of ether oxygens (including phenoxy) is 1. The number of rotatable bonds is 7. The number of piperazine rings is 1. The lowest BCUT2D eigenvalue weighted by Crippen LogP contribution is -2.50. The number of carbonyl (C=O) groups is 2. The van der Waals surface area contributed by atoms with Crippen LogP contribution >= 0.6 is 0 Å². The van der Waals surface area contributed by atoms with Crippen LogP contribution in [0.1, 0.15) is 49.3 Å². The zero-order valence-corrected chi connectivity index (χ0v) is 16.0. The topological polar surface area (TPSA) is 87.7 Å². The molecule has 26 heavy (non-hydrogen) atoms. The molecule has 2 amide bonds. The van der Waals surface area contributed by atoms with Crippen molar-refractivity contribution < 1.29 is 14.3 Å². The van der Waals surface area contributed by atoms with Crippen LogP contribution in [0.4, 0.5) is 10.7 Å². The first-order valence-electron chi connectivity index (χ1n) is 9.35. The van der Waals surface area contributed by atoms with Gasteiger partial charge in [0.15, 0.2) is 0 Å². The minimum absolute atomic E-state index is 0.129. The molecule has 1 aromatic rings. The lowest BCUT2D eigenvalue weighted by Gasteiger charge is -2.33. The van der Waals surface area contributed by atoms with Crippen LogP contribution in [-0.4, -0.2) is 71.1 Å². The third-order valence-corrected chi connectivity index (χ3v) is 4.23. The number of anilines is 1. The molecule has 144 valence electrons. The number of amides is 2. The van der Waals surface area contributed by atoms with Gasteiger partial charge in [-0.25, -0.2) is 14.8 Å². The van der Waals surface area contributed by atoms with Gasteiger partial charge in [-0.3, -0.25) is 4.79 Å². The second-order valence-electron chi connectivity index (χ2n) is 6.33. The first kappa shape index (κ1) is 19.9. The predicted octanol–water partition coefficient (Wildman–Crippen LogP) is 2.30. The smallest absolute Gasteiger partial charge is 0.409 e. The van der Waals surface area contributed by atoms with E-state index in [1.165, 1.54) is 0 Å². The van der Waals surface area contributed by atoms with Gasteiger partial charge >= 0.3 is 6.09 Å². The molecule has 8 heteroatoms. The summed E-state index contributed by atoms with van der Waals surface area (Å²) in [6.45, 7) is 8.82. The van der Waals surface area contributed by atoms with E-state index in [0.717, 1.165) is 31.5 Å². The number of aromatic nitrogens is 2. The highest BCUT2D eigenvalue weighted by Crippen LogP contribution is 2.11. The highest BCUT2D eigenvalue weighted by atomic mass is 16.6. The van der Waals surface area contributed by atoms with Crippen molar-refractivity contribution in [2.45, 2.75) is 40.0 Å². The van der Waals surface area contributed by atoms with Crippen LogP contribution in [-0.2, 0) is 4.74 Å². The zero-order chi connectivity index (χ0) is 18.9. The van der Waals surface area contributed by atoms with Crippen LogP contribution in [0.15, 0.2) is 6.07 Å². The summed E-state index contributed by atoms with van der Waals surface area (Å²) in [4.78, 5) is 36.6. The van der Waals surface area contributed by atoms with Crippen LogP contribution in [0.5, 0.6) is 0 Å². The summed E-state index contributed by atoms with van der Waals surface area (Å²) in [5.74, 6) is 0.366. The molecular formula is C18H29N5O3. The molecule has 1 N–H and O–H groups in total. The van der Waals surface area contributed by atoms with Crippen LogP contribution < -0.4 is 5.32 Å². The third kappa shape index (κ3) is 5.57. The molecule has 1 fully saturated rings. The molecule has 0 bridgehead atoms. The van der Waals surface area contributed by atoms with Crippen LogP contribution in [0.25, 0.3) is 0 Å². The molecule has 0 aliphatic carbocycles. The van der Waals surface area contributed by atoms with E-state index in [2.05, 4.69) is 22.2 Å². The summed E-state index contributed by atoms with van der Waals surface area (Å²) >= 11 is 0. The summed E-state index contributed by atoms with van der Waals surface area (Å²) in [7, 11) is 0. The third-order valence-electron chi connectivity index (χ3n) is 4.23. The number of hydrogen-bond donors (Lipinski definition) is 1. The second kappa shape index (κ2) is 9.94. The van der Waals surface area contributed by atoms with E-state index in [9.17, 15) is 9.59 Å². The number of unbranched alkanes of at least 4 members (excludes halogenated alkanes) is 2. The first-order chi connectivity index (χ1) is 12.5. The van der Waals surface area contributed by atoms with Gasteiger partial charge in [0.05, 0.1) is 6.61 Å². The van der Waals surface area contributed by atoms with Crippen molar-refractivity contribution in [3.05, 3.63) is 17.5 Å². The molecule has 0 atom stereocenters. The molecule has 0 spiro atoms. The summed E-state index contributed by atoms with van der Waals surface area (Å²) in [5.41, 5.74) is 1.14. The molecule has 1 saturated heterocycles. The van der Waals surface area contributed by atoms with Gasteiger partial charge in [-0.05, 0) is 26.3 Å². The molecule has 0 saturated carbocycles. The largest absolute Gasteiger partial charge is 0.450 e. The molecule has 0 aromatic carbocycles. The maximum atomic E-state index is 12.8. The van der Waals surface area contributed by atoms with E-state index in [-0.39, 0.29) is 12.0 Å². The average Bonchev–Trinajstić information content (AvgIpc) is 2.64. The minimum atomic E-state index is -0.323. The van der Waals surface area contributed by atoms with E-state index in [0.29, 0.717) is 44.4 Å². The van der Waals surface area contributed by atoms with Crippen LogP contribution in [0, 0.1) is 6.92 Å². The number of aryl methyl sites for hydroxylation is 1. The average molecular weight is 363 g/mol. The summed E-state index contributed by atoms with van der Waals surface area (Å²) in [6, 6.07) is 1.71. The highest BCUT2D eigenvalue weighted by Gasteiger charge is 2.26. The standard InChI is InChI=1S/C18H29N5O3/c1-4-6-7-8-19-17-20-14(3)13-15(21-17)16(24)22-9-11-23(12-10-22)18(25)26-5-2/h13H,4-12H2,1-3H3,(H,19,20,21). The first-order valence-corrected chi connectivity index (χ1v) is 9.35. The Hall–Kier alpha value is -2.38. The number of nitrogens with zero attached hydrogens (tertiary/aromatic N) is 4. The minimum Gasteiger partial charge on any atom is -0.450 e. The van der Waals surface area contributed by atoms with Gasteiger partial charge in [0.25, 0.3) is 5.91 Å². The maximum Gasteiger partial charge on any atom is 0.409 e. The maximum absolute atomic E-state index is 12.8. The van der Waals surface area contributed by atoms with Crippen LogP contribution in [0.3, 0.4) is 0 Å². The van der Waals surface area contributed by atoms with Crippen molar-refractivity contribution in [1.29, 1.82) is 0 Å². The Labute approximate surface area is 154 Å². The van der Waals surface area contributed by atoms with Crippen molar-refractivity contribution in [3.8, 4) is 0 Å². The van der Waals surface area contributed by atoms with E-state index >= 15 is 0 Å². The Morgan fingerprint density at radius 3 is 2.46 bits per heavy atom. The Morgan fingerprint density at radius 1 is 1.12 bits per heavy atom. The Bertz CT molecular complexity index is 615. The summed E-state index contributed by atoms with van der Waals surface area (Å²) in [6.07, 6.45) is 3.02. The van der Waals surface area contributed by atoms with Gasteiger partial charge in [-0.1, -0.05) is 19.8 Å². The molecule has 1 aromatic heterocycles. The van der Waals surface area contributed by atoms with Gasteiger partial charge in [0.2, 0.25) is 5.95 Å². The molecule has 2 rings (SSSR count). The summed E-state index contributed by atoms with van der Waals surface area (Å²) < 4.78 is 5.00. The van der Waals surface area contributed by atoms with E-state index in [1.54, 1.807) is 22.8 Å². The number of nitrogens with one attached hydrogen (secondary N) is 1. The fourth-order valence-electron chi connectivity index (χ4n) is 2.80. The van der Waals surface area contributed by atoms with Crippen molar-refractivity contribution in [2.75, 3.05) is 44.6 Å². The van der Waals surface area contributed by atoms with E-state index in [4.69, 9.17) is 4.74 Å². The van der Waals surface area contributed by atoms with Gasteiger partial charge in [-0.2, -0.15) is 0 Å². The normalized spacial score (nSPS) is 14.3. The number of carbonyl (C=O) groups excluding carboxylic acids is 2. The monoisotopic (exact) mass is 363 g/mol. The molecule has 1 aliphatic rings. The molecule has 1 aliphatic heterocycles. The predicted molar refractivity (Wildman–Crippen MR) is 99.3 cm³/mol.